The maximum atomic E-state index is 3.61. The zero-order chi connectivity index (χ0) is 11.1. The maximum absolute atomic E-state index is 3.61. The average Bonchev–Trinajstić information content (AvgIpc) is 2.23. The first-order chi connectivity index (χ1) is 7.31. The molecule has 0 amide bonds. The predicted molar refractivity (Wildman–Crippen MR) is 66.2 cm³/mol. The van der Waals surface area contributed by atoms with Crippen LogP contribution in [-0.2, 0) is 0 Å². The molecule has 0 radical (unpaired) electrons. The molecule has 0 aliphatic heterocycles. The predicted octanol–water partition coefficient (Wildman–Crippen LogP) is 1.10. The second kappa shape index (κ2) is 7.20. The summed E-state index contributed by atoms with van der Waals surface area (Å²) in [5.41, 5.74) is 0. The Bertz CT molecular complexity index is 161. The topological polar surface area (TPSA) is 36.1 Å². The van der Waals surface area contributed by atoms with Crippen LogP contribution in [0.5, 0.6) is 0 Å². The number of likely N-dealkylation sites (N-methyl/N-ethyl adjacent to an activating group) is 2. The van der Waals surface area contributed by atoms with E-state index in [9.17, 15) is 0 Å². The normalized spacial score (nSPS) is 31.8. The van der Waals surface area contributed by atoms with Gasteiger partial charge in [-0.3, -0.25) is 0 Å². The number of hydrogen-bond donors (Lipinski definition) is 3. The van der Waals surface area contributed by atoms with Crippen LogP contribution >= 0.6 is 0 Å². The molecule has 0 bridgehead atoms. The minimum atomic E-state index is 0.646. The highest BCUT2D eigenvalue weighted by Gasteiger charge is 2.28. The lowest BCUT2D eigenvalue weighted by molar-refractivity contribution is 0.247. The second-order valence-corrected chi connectivity index (χ2v) is 4.40. The molecule has 0 spiro atoms. The van der Waals surface area contributed by atoms with Crippen molar-refractivity contribution >= 4 is 0 Å². The lowest BCUT2D eigenvalue weighted by Gasteiger charge is -2.37. The zero-order valence-corrected chi connectivity index (χ0v) is 10.5. The minimum Gasteiger partial charge on any atom is -0.314 e. The second-order valence-electron chi connectivity index (χ2n) is 4.40. The van der Waals surface area contributed by atoms with Crippen LogP contribution in [0.3, 0.4) is 0 Å². The van der Waals surface area contributed by atoms with E-state index in [0.717, 1.165) is 19.6 Å². The Morgan fingerprint density at radius 2 is 1.40 bits per heavy atom. The van der Waals surface area contributed by atoms with E-state index in [0.29, 0.717) is 18.1 Å². The van der Waals surface area contributed by atoms with Gasteiger partial charge in [0.15, 0.2) is 0 Å². The highest BCUT2D eigenvalue weighted by atomic mass is 15.0. The van der Waals surface area contributed by atoms with E-state index in [1.54, 1.807) is 0 Å². The van der Waals surface area contributed by atoms with Crippen LogP contribution in [0.1, 0.15) is 40.0 Å². The van der Waals surface area contributed by atoms with Crippen molar-refractivity contribution in [3.05, 3.63) is 0 Å². The van der Waals surface area contributed by atoms with Gasteiger partial charge in [-0.05, 0) is 38.9 Å². The van der Waals surface area contributed by atoms with Crippen molar-refractivity contribution in [1.82, 2.24) is 16.0 Å². The van der Waals surface area contributed by atoms with Gasteiger partial charge < -0.3 is 16.0 Å². The molecule has 3 nitrogen and oxygen atoms in total. The number of rotatable bonds is 6. The van der Waals surface area contributed by atoms with Crippen molar-refractivity contribution in [2.45, 2.75) is 58.2 Å². The number of hydrogen-bond acceptors (Lipinski definition) is 3. The molecule has 0 unspecified atom stereocenters. The summed E-state index contributed by atoms with van der Waals surface area (Å²) in [7, 11) is 0. The van der Waals surface area contributed by atoms with Crippen LogP contribution in [0.4, 0.5) is 0 Å². The Kier molecular flexibility index (Phi) is 6.22. The van der Waals surface area contributed by atoms with Gasteiger partial charge in [-0.25, -0.2) is 0 Å². The Hall–Kier alpha value is -0.120. The van der Waals surface area contributed by atoms with Gasteiger partial charge in [0.1, 0.15) is 0 Å². The van der Waals surface area contributed by atoms with E-state index in [4.69, 9.17) is 0 Å². The Labute approximate surface area is 94.4 Å². The molecule has 3 N–H and O–H groups in total. The summed E-state index contributed by atoms with van der Waals surface area (Å²) in [5.74, 6) is 0. The van der Waals surface area contributed by atoms with Gasteiger partial charge in [0.05, 0.1) is 0 Å². The van der Waals surface area contributed by atoms with E-state index in [1.807, 2.05) is 0 Å². The van der Waals surface area contributed by atoms with Crippen LogP contribution in [0.2, 0.25) is 0 Å². The van der Waals surface area contributed by atoms with Crippen LogP contribution < -0.4 is 16.0 Å². The lowest BCUT2D eigenvalue weighted by Crippen LogP contribution is -2.54. The van der Waals surface area contributed by atoms with Gasteiger partial charge in [0.2, 0.25) is 0 Å². The SMILES string of the molecule is CCN[C@@H]1CC[C@@H](NCC)[C@@H](NCC)C1. The molecule has 15 heavy (non-hydrogen) atoms. The molecule has 0 aromatic heterocycles. The third-order valence-electron chi connectivity index (χ3n) is 3.28. The van der Waals surface area contributed by atoms with Crippen molar-refractivity contribution in [3.63, 3.8) is 0 Å². The highest BCUT2D eigenvalue weighted by molar-refractivity contribution is 4.91. The van der Waals surface area contributed by atoms with E-state index in [2.05, 4.69) is 36.7 Å². The van der Waals surface area contributed by atoms with E-state index in [-0.39, 0.29) is 0 Å². The van der Waals surface area contributed by atoms with Gasteiger partial charge >= 0.3 is 0 Å². The van der Waals surface area contributed by atoms with Crippen LogP contribution in [0.25, 0.3) is 0 Å². The summed E-state index contributed by atoms with van der Waals surface area (Å²) < 4.78 is 0. The summed E-state index contributed by atoms with van der Waals surface area (Å²) in [5, 5.41) is 10.8. The molecule has 3 atom stereocenters. The fraction of sp³-hybridized carbons (Fsp3) is 1.00. The molecule has 0 aromatic rings. The van der Waals surface area contributed by atoms with Crippen molar-refractivity contribution in [1.29, 1.82) is 0 Å². The first-order valence-corrected chi connectivity index (χ1v) is 6.51. The summed E-state index contributed by atoms with van der Waals surface area (Å²) in [6.45, 7) is 9.83. The summed E-state index contributed by atoms with van der Waals surface area (Å²) >= 11 is 0. The van der Waals surface area contributed by atoms with E-state index >= 15 is 0 Å². The fourth-order valence-electron chi connectivity index (χ4n) is 2.64. The van der Waals surface area contributed by atoms with Gasteiger partial charge in [-0.15, -0.1) is 0 Å². The first kappa shape index (κ1) is 12.9. The molecular formula is C12H27N3. The quantitative estimate of drug-likeness (QED) is 0.618. The third kappa shape index (κ3) is 4.09. The third-order valence-corrected chi connectivity index (χ3v) is 3.28. The molecule has 0 aromatic carbocycles. The maximum Gasteiger partial charge on any atom is 0.0235 e. The Balaban J connectivity index is 2.41. The fourth-order valence-corrected chi connectivity index (χ4v) is 2.64. The summed E-state index contributed by atoms with van der Waals surface area (Å²) in [4.78, 5) is 0. The average molecular weight is 213 g/mol. The zero-order valence-electron chi connectivity index (χ0n) is 10.5. The minimum absolute atomic E-state index is 0.646. The molecule has 1 aliphatic carbocycles. The van der Waals surface area contributed by atoms with E-state index in [1.165, 1.54) is 19.3 Å². The molecule has 1 fully saturated rings. The van der Waals surface area contributed by atoms with Crippen molar-refractivity contribution in [2.24, 2.45) is 0 Å². The van der Waals surface area contributed by atoms with E-state index < -0.39 is 0 Å². The van der Waals surface area contributed by atoms with Crippen LogP contribution in [0.15, 0.2) is 0 Å². The number of nitrogens with one attached hydrogen (secondary N) is 3. The molecule has 1 rings (SSSR count). The van der Waals surface area contributed by atoms with Crippen molar-refractivity contribution in [3.8, 4) is 0 Å². The van der Waals surface area contributed by atoms with Gasteiger partial charge in [-0.1, -0.05) is 20.8 Å². The summed E-state index contributed by atoms with van der Waals surface area (Å²) in [6.07, 6.45) is 3.87. The molecular weight excluding hydrogens is 186 g/mol. The van der Waals surface area contributed by atoms with Gasteiger partial charge in [0, 0.05) is 18.1 Å². The van der Waals surface area contributed by atoms with Crippen molar-refractivity contribution in [2.75, 3.05) is 19.6 Å². The highest BCUT2D eigenvalue weighted by Crippen LogP contribution is 2.19. The molecule has 0 saturated heterocycles. The molecule has 1 aliphatic rings. The Morgan fingerprint density at radius 1 is 0.800 bits per heavy atom. The molecule has 1 saturated carbocycles. The van der Waals surface area contributed by atoms with Gasteiger partial charge in [-0.2, -0.15) is 0 Å². The standard InChI is InChI=1S/C12H27N3/c1-4-13-10-7-8-11(14-5-2)12(9-10)15-6-3/h10-15H,4-9H2,1-3H3/t10-,11-,12+/m1/s1. The van der Waals surface area contributed by atoms with Crippen LogP contribution in [-0.4, -0.2) is 37.8 Å². The van der Waals surface area contributed by atoms with Crippen molar-refractivity contribution < 1.29 is 0 Å². The smallest absolute Gasteiger partial charge is 0.0235 e. The summed E-state index contributed by atoms with van der Waals surface area (Å²) in [6, 6.07) is 2.03. The van der Waals surface area contributed by atoms with Gasteiger partial charge in [0.25, 0.3) is 0 Å². The molecule has 3 heteroatoms. The molecule has 90 valence electrons. The lowest BCUT2D eigenvalue weighted by atomic mass is 9.86. The largest absolute Gasteiger partial charge is 0.314 e. The molecule has 0 heterocycles. The first-order valence-electron chi connectivity index (χ1n) is 6.51. The monoisotopic (exact) mass is 213 g/mol. The van der Waals surface area contributed by atoms with Crippen LogP contribution in [0, 0.1) is 0 Å². The Morgan fingerprint density at radius 3 is 2.00 bits per heavy atom.